The van der Waals surface area contributed by atoms with Crippen LogP contribution in [0.4, 0.5) is 5.82 Å². The van der Waals surface area contributed by atoms with E-state index >= 15 is 0 Å². The van der Waals surface area contributed by atoms with Crippen molar-refractivity contribution in [3.05, 3.63) is 41.0 Å². The first-order chi connectivity index (χ1) is 9.15. The first-order valence-corrected chi connectivity index (χ1v) is 6.22. The number of aromatic nitrogens is 2. The van der Waals surface area contributed by atoms with Crippen LogP contribution in [-0.4, -0.2) is 22.7 Å². The molecule has 100 valence electrons. The predicted molar refractivity (Wildman–Crippen MR) is 73.5 cm³/mol. The number of H-pyrrole nitrogens is 1. The topological polar surface area (TPSA) is 67.0 Å². The molecule has 2 aromatic rings. The number of aromatic amines is 1. The van der Waals surface area contributed by atoms with Crippen LogP contribution in [-0.2, 0) is 4.79 Å². The van der Waals surface area contributed by atoms with Gasteiger partial charge in [-0.25, -0.2) is 0 Å². The summed E-state index contributed by atoms with van der Waals surface area (Å²) in [6, 6.07) is 8.91. The lowest BCUT2D eigenvalue weighted by molar-refractivity contribution is -0.116. The van der Waals surface area contributed by atoms with Crippen molar-refractivity contribution in [2.75, 3.05) is 11.9 Å². The van der Waals surface area contributed by atoms with Gasteiger partial charge in [-0.1, -0.05) is 23.7 Å². The smallest absolute Gasteiger partial charge is 0.229 e. The maximum atomic E-state index is 11.6. The van der Waals surface area contributed by atoms with E-state index < -0.39 is 0 Å². The molecule has 0 spiro atoms. The van der Waals surface area contributed by atoms with Crippen LogP contribution in [0.3, 0.4) is 0 Å². The molecule has 1 aromatic heterocycles. The van der Waals surface area contributed by atoms with E-state index in [1.54, 1.807) is 18.2 Å². The second-order valence-electron chi connectivity index (χ2n) is 4.01. The molecule has 1 aromatic carbocycles. The van der Waals surface area contributed by atoms with Crippen molar-refractivity contribution in [3.63, 3.8) is 0 Å². The molecule has 0 atom stereocenters. The van der Waals surface area contributed by atoms with Crippen LogP contribution in [0, 0.1) is 6.92 Å². The summed E-state index contributed by atoms with van der Waals surface area (Å²) in [5.41, 5.74) is 0.891. The van der Waals surface area contributed by atoms with Gasteiger partial charge in [0.15, 0.2) is 5.82 Å². The molecule has 0 unspecified atom stereocenters. The minimum atomic E-state index is -0.154. The second kappa shape index (κ2) is 6.24. The largest absolute Gasteiger partial charge is 0.491 e. The van der Waals surface area contributed by atoms with Crippen molar-refractivity contribution in [2.45, 2.75) is 13.3 Å². The summed E-state index contributed by atoms with van der Waals surface area (Å²) in [7, 11) is 0. The van der Waals surface area contributed by atoms with E-state index in [9.17, 15) is 4.79 Å². The summed E-state index contributed by atoms with van der Waals surface area (Å²) < 4.78 is 5.43. The number of halogens is 1. The molecule has 5 nitrogen and oxygen atoms in total. The molecule has 2 N–H and O–H groups in total. The Kier molecular flexibility index (Phi) is 4.41. The quantitative estimate of drug-likeness (QED) is 0.884. The maximum absolute atomic E-state index is 11.6. The third-order valence-corrected chi connectivity index (χ3v) is 2.71. The van der Waals surface area contributed by atoms with Gasteiger partial charge in [0.2, 0.25) is 5.91 Å². The molecule has 0 saturated heterocycles. The molecule has 0 bridgehead atoms. The number of carbonyl (C=O) groups excluding carboxylic acids is 1. The van der Waals surface area contributed by atoms with Crippen molar-refractivity contribution in [1.29, 1.82) is 0 Å². The lowest BCUT2D eigenvalue weighted by atomic mass is 10.3. The van der Waals surface area contributed by atoms with Crippen LogP contribution in [0.5, 0.6) is 5.75 Å². The SMILES string of the molecule is Cc1cc(NC(=O)CCOc2ccccc2Cl)n[nH]1. The van der Waals surface area contributed by atoms with Crippen LogP contribution < -0.4 is 10.1 Å². The molecular formula is C13H14ClN3O2. The molecule has 0 aliphatic heterocycles. The zero-order valence-electron chi connectivity index (χ0n) is 10.4. The van der Waals surface area contributed by atoms with Gasteiger partial charge in [-0.15, -0.1) is 0 Å². The Labute approximate surface area is 115 Å². The third-order valence-electron chi connectivity index (χ3n) is 2.40. The van der Waals surface area contributed by atoms with Crippen molar-refractivity contribution >= 4 is 23.3 Å². The molecule has 0 aliphatic carbocycles. The Hall–Kier alpha value is -2.01. The summed E-state index contributed by atoms with van der Waals surface area (Å²) >= 11 is 5.93. The highest BCUT2D eigenvalue weighted by Gasteiger charge is 2.06. The van der Waals surface area contributed by atoms with Gasteiger partial charge in [-0.3, -0.25) is 9.89 Å². The molecule has 0 aliphatic rings. The van der Waals surface area contributed by atoms with E-state index in [0.717, 1.165) is 5.69 Å². The molecule has 1 heterocycles. The number of carbonyl (C=O) groups is 1. The summed E-state index contributed by atoms with van der Waals surface area (Å²) in [4.78, 5) is 11.6. The Morgan fingerprint density at radius 3 is 2.95 bits per heavy atom. The predicted octanol–water partition coefficient (Wildman–Crippen LogP) is 2.78. The molecule has 0 radical (unpaired) electrons. The summed E-state index contributed by atoms with van der Waals surface area (Å²) in [5, 5.41) is 9.87. The van der Waals surface area contributed by atoms with Gasteiger partial charge in [-0.05, 0) is 19.1 Å². The Morgan fingerprint density at radius 1 is 1.47 bits per heavy atom. The van der Waals surface area contributed by atoms with Crippen LogP contribution in [0.25, 0.3) is 0 Å². The summed E-state index contributed by atoms with van der Waals surface area (Å²) in [6.45, 7) is 2.13. The number of hydrogen-bond donors (Lipinski definition) is 2. The molecule has 2 rings (SSSR count). The van der Waals surface area contributed by atoms with E-state index in [1.165, 1.54) is 0 Å². The van der Waals surface area contributed by atoms with E-state index in [0.29, 0.717) is 16.6 Å². The molecule has 0 fully saturated rings. The molecule has 1 amide bonds. The summed E-state index contributed by atoms with van der Waals surface area (Å²) in [5.74, 6) is 0.936. The monoisotopic (exact) mass is 279 g/mol. The Bertz CT molecular complexity index is 569. The lowest BCUT2D eigenvalue weighted by Crippen LogP contribution is -2.15. The van der Waals surface area contributed by atoms with Crippen molar-refractivity contribution in [1.82, 2.24) is 10.2 Å². The number of anilines is 1. The van der Waals surface area contributed by atoms with Gasteiger partial charge < -0.3 is 10.1 Å². The fourth-order valence-corrected chi connectivity index (χ4v) is 1.69. The van der Waals surface area contributed by atoms with Gasteiger partial charge >= 0.3 is 0 Å². The first kappa shape index (κ1) is 13.4. The number of rotatable bonds is 5. The van der Waals surface area contributed by atoms with Crippen LogP contribution in [0.15, 0.2) is 30.3 Å². The lowest BCUT2D eigenvalue weighted by Gasteiger charge is -2.07. The van der Waals surface area contributed by atoms with Crippen LogP contribution in [0.2, 0.25) is 5.02 Å². The third kappa shape index (κ3) is 3.99. The average Bonchev–Trinajstić information content (AvgIpc) is 2.77. The zero-order valence-corrected chi connectivity index (χ0v) is 11.2. The van der Waals surface area contributed by atoms with E-state index in [2.05, 4.69) is 15.5 Å². The van der Waals surface area contributed by atoms with Gasteiger partial charge in [0.25, 0.3) is 0 Å². The van der Waals surface area contributed by atoms with Gasteiger partial charge in [0.05, 0.1) is 18.1 Å². The standard InChI is InChI=1S/C13H14ClN3O2/c1-9-8-12(17-16-9)15-13(18)6-7-19-11-5-3-2-4-10(11)14/h2-5,8H,6-7H2,1H3,(H2,15,16,17,18). The van der Waals surface area contributed by atoms with E-state index in [4.69, 9.17) is 16.3 Å². The number of benzene rings is 1. The molecule has 6 heteroatoms. The van der Waals surface area contributed by atoms with Crippen LogP contribution >= 0.6 is 11.6 Å². The Morgan fingerprint density at radius 2 is 2.26 bits per heavy atom. The average molecular weight is 280 g/mol. The highest BCUT2D eigenvalue weighted by Crippen LogP contribution is 2.23. The number of nitrogens with zero attached hydrogens (tertiary/aromatic N) is 1. The number of hydrogen-bond acceptors (Lipinski definition) is 3. The molecular weight excluding hydrogens is 266 g/mol. The van der Waals surface area contributed by atoms with Crippen molar-refractivity contribution < 1.29 is 9.53 Å². The van der Waals surface area contributed by atoms with E-state index in [1.807, 2.05) is 19.1 Å². The number of nitrogens with one attached hydrogen (secondary N) is 2. The van der Waals surface area contributed by atoms with Crippen molar-refractivity contribution in [2.24, 2.45) is 0 Å². The van der Waals surface area contributed by atoms with Crippen molar-refractivity contribution in [3.8, 4) is 5.75 Å². The second-order valence-corrected chi connectivity index (χ2v) is 4.42. The molecule has 0 saturated carbocycles. The maximum Gasteiger partial charge on any atom is 0.229 e. The first-order valence-electron chi connectivity index (χ1n) is 5.84. The fourth-order valence-electron chi connectivity index (χ4n) is 1.50. The number of para-hydroxylation sites is 1. The minimum Gasteiger partial charge on any atom is -0.491 e. The number of amides is 1. The highest BCUT2D eigenvalue weighted by atomic mass is 35.5. The van der Waals surface area contributed by atoms with E-state index in [-0.39, 0.29) is 18.9 Å². The highest BCUT2D eigenvalue weighted by molar-refractivity contribution is 6.32. The van der Waals surface area contributed by atoms with Gasteiger partial charge in [0.1, 0.15) is 5.75 Å². The number of aryl methyl sites for hydroxylation is 1. The minimum absolute atomic E-state index is 0.154. The number of ether oxygens (including phenoxy) is 1. The summed E-state index contributed by atoms with van der Waals surface area (Å²) in [6.07, 6.45) is 0.233. The Balaban J connectivity index is 1.77. The fraction of sp³-hybridized carbons (Fsp3) is 0.231. The zero-order chi connectivity index (χ0) is 13.7. The van der Waals surface area contributed by atoms with Gasteiger partial charge in [0, 0.05) is 11.8 Å². The van der Waals surface area contributed by atoms with Crippen LogP contribution in [0.1, 0.15) is 12.1 Å². The normalized spacial score (nSPS) is 10.2. The molecule has 19 heavy (non-hydrogen) atoms. The van der Waals surface area contributed by atoms with Gasteiger partial charge in [-0.2, -0.15) is 5.10 Å².